The molecule has 0 spiro atoms. The minimum Gasteiger partial charge on any atom is -0.383 e. The number of aliphatic hydroxyl groups is 1. The van der Waals surface area contributed by atoms with E-state index in [-0.39, 0.29) is 0 Å². The third-order valence-corrected chi connectivity index (χ3v) is 5.48. The van der Waals surface area contributed by atoms with E-state index >= 15 is 0 Å². The Morgan fingerprint density at radius 1 is 0.895 bits per heavy atom. The van der Waals surface area contributed by atoms with Gasteiger partial charge in [0.15, 0.2) is 0 Å². The fourth-order valence-electron chi connectivity index (χ4n) is 2.56. The minimum absolute atomic E-state index is 0.588. The number of rotatable bonds is 2. The number of thiophene rings is 1. The fraction of sp³-hybridized carbons (Fsp3) is 0.375. The average molecular weight is 295 g/mol. The van der Waals surface area contributed by atoms with Crippen molar-refractivity contribution < 1.29 is 5.11 Å². The molecule has 0 radical (unpaired) electrons. The van der Waals surface area contributed by atoms with Crippen LogP contribution in [0.2, 0.25) is 4.34 Å². The van der Waals surface area contributed by atoms with E-state index in [1.165, 1.54) is 39.2 Å². The molecule has 1 N–H and O–H groups in total. The van der Waals surface area contributed by atoms with E-state index in [2.05, 4.69) is 34.6 Å². The van der Waals surface area contributed by atoms with Crippen LogP contribution < -0.4 is 0 Å². The zero-order valence-corrected chi connectivity index (χ0v) is 13.5. The summed E-state index contributed by atoms with van der Waals surface area (Å²) >= 11 is 7.41. The Morgan fingerprint density at radius 2 is 1.37 bits per heavy atom. The normalized spacial score (nSPS) is 12.8. The van der Waals surface area contributed by atoms with E-state index in [0.29, 0.717) is 4.34 Å². The predicted molar refractivity (Wildman–Crippen MR) is 83.5 cm³/mol. The maximum Gasteiger partial charge on any atom is 0.114 e. The highest BCUT2D eigenvalue weighted by Crippen LogP contribution is 2.36. The molecular weight excluding hydrogens is 276 g/mol. The van der Waals surface area contributed by atoms with Crippen molar-refractivity contribution in [2.24, 2.45) is 0 Å². The summed E-state index contributed by atoms with van der Waals surface area (Å²) in [5.41, 5.74) is 7.23. The van der Waals surface area contributed by atoms with Crippen molar-refractivity contribution in [2.75, 3.05) is 0 Å². The summed E-state index contributed by atoms with van der Waals surface area (Å²) in [6, 6.07) is 3.74. The van der Waals surface area contributed by atoms with E-state index in [4.69, 9.17) is 11.6 Å². The highest BCUT2D eigenvalue weighted by atomic mass is 35.5. The van der Waals surface area contributed by atoms with Gasteiger partial charge in [0.25, 0.3) is 0 Å². The number of aliphatic hydroxyl groups excluding tert-OH is 1. The summed E-state index contributed by atoms with van der Waals surface area (Å²) in [7, 11) is 0. The van der Waals surface area contributed by atoms with Crippen molar-refractivity contribution in [1.29, 1.82) is 0 Å². The number of benzene rings is 1. The van der Waals surface area contributed by atoms with Crippen molar-refractivity contribution in [3.63, 3.8) is 0 Å². The lowest BCUT2D eigenvalue weighted by Gasteiger charge is -2.21. The molecule has 0 fully saturated rings. The second-order valence-electron chi connectivity index (χ2n) is 5.08. The second kappa shape index (κ2) is 5.28. The topological polar surface area (TPSA) is 20.2 Å². The maximum atomic E-state index is 10.7. The summed E-state index contributed by atoms with van der Waals surface area (Å²) in [6.07, 6.45) is -0.588. The van der Waals surface area contributed by atoms with Crippen LogP contribution in [-0.4, -0.2) is 5.11 Å². The predicted octanol–water partition coefficient (Wildman–Crippen LogP) is 5.03. The molecule has 0 saturated heterocycles. The first kappa shape index (κ1) is 14.6. The molecule has 1 aromatic heterocycles. The second-order valence-corrected chi connectivity index (χ2v) is 6.83. The van der Waals surface area contributed by atoms with Crippen molar-refractivity contribution in [1.82, 2.24) is 0 Å². The van der Waals surface area contributed by atoms with Gasteiger partial charge in [-0.1, -0.05) is 11.6 Å². The van der Waals surface area contributed by atoms with Gasteiger partial charge in [0.05, 0.1) is 4.34 Å². The molecule has 0 aliphatic carbocycles. The standard InChI is InChI=1S/C16H19ClOS/c1-8-9(2)11(4)15(12(5)10(8)3)16(18)13-6-7-14(17)19-13/h6-7,16,18H,1-5H3. The molecule has 1 atom stereocenters. The fourth-order valence-corrected chi connectivity index (χ4v) is 3.61. The van der Waals surface area contributed by atoms with Crippen molar-refractivity contribution in [3.8, 4) is 0 Å². The molecule has 2 aromatic rings. The molecule has 0 saturated carbocycles. The summed E-state index contributed by atoms with van der Waals surface area (Å²) in [5, 5.41) is 10.7. The Bertz CT molecular complexity index is 599. The van der Waals surface area contributed by atoms with Gasteiger partial charge in [-0.25, -0.2) is 0 Å². The van der Waals surface area contributed by atoms with Crippen LogP contribution in [0.1, 0.15) is 44.4 Å². The summed E-state index contributed by atoms with van der Waals surface area (Å²) in [6.45, 7) is 10.6. The van der Waals surface area contributed by atoms with Crippen LogP contribution in [0.5, 0.6) is 0 Å². The zero-order valence-electron chi connectivity index (χ0n) is 12.0. The Hall–Kier alpha value is -0.830. The summed E-state index contributed by atoms with van der Waals surface area (Å²) in [4.78, 5) is 0.902. The van der Waals surface area contributed by atoms with Crippen molar-refractivity contribution in [3.05, 3.63) is 54.7 Å². The summed E-state index contributed by atoms with van der Waals surface area (Å²) in [5.74, 6) is 0. The van der Waals surface area contributed by atoms with Gasteiger partial charge >= 0.3 is 0 Å². The van der Waals surface area contributed by atoms with Gasteiger partial charge in [-0.3, -0.25) is 0 Å². The molecule has 19 heavy (non-hydrogen) atoms. The highest BCUT2D eigenvalue weighted by Gasteiger charge is 2.21. The SMILES string of the molecule is Cc1c(C)c(C)c(C(O)c2ccc(Cl)s2)c(C)c1C. The molecule has 1 nitrogen and oxygen atoms in total. The van der Waals surface area contributed by atoms with Gasteiger partial charge in [-0.2, -0.15) is 0 Å². The highest BCUT2D eigenvalue weighted by molar-refractivity contribution is 7.16. The quantitative estimate of drug-likeness (QED) is 0.824. The van der Waals surface area contributed by atoms with Crippen LogP contribution in [0.25, 0.3) is 0 Å². The van der Waals surface area contributed by atoms with Crippen LogP contribution in [0.4, 0.5) is 0 Å². The average Bonchev–Trinajstić information content (AvgIpc) is 2.81. The van der Waals surface area contributed by atoms with E-state index in [1.54, 1.807) is 0 Å². The first-order chi connectivity index (χ1) is 8.84. The maximum absolute atomic E-state index is 10.7. The van der Waals surface area contributed by atoms with E-state index in [0.717, 1.165) is 10.4 Å². The van der Waals surface area contributed by atoms with Crippen LogP contribution >= 0.6 is 22.9 Å². The van der Waals surface area contributed by atoms with Gasteiger partial charge < -0.3 is 5.11 Å². The molecule has 0 bridgehead atoms. The van der Waals surface area contributed by atoms with Crippen LogP contribution in [-0.2, 0) is 0 Å². The van der Waals surface area contributed by atoms with Crippen molar-refractivity contribution in [2.45, 2.75) is 40.7 Å². The molecular formula is C16H19ClOS. The van der Waals surface area contributed by atoms with Crippen LogP contribution in [0.15, 0.2) is 12.1 Å². The first-order valence-corrected chi connectivity index (χ1v) is 7.54. The molecule has 3 heteroatoms. The molecule has 2 rings (SSSR count). The Balaban J connectivity index is 2.63. The third kappa shape index (κ3) is 2.45. The number of hydrogen-bond donors (Lipinski definition) is 1. The largest absolute Gasteiger partial charge is 0.383 e. The number of hydrogen-bond acceptors (Lipinski definition) is 2. The van der Waals surface area contributed by atoms with Gasteiger partial charge in [0.2, 0.25) is 0 Å². The molecule has 102 valence electrons. The number of halogens is 1. The van der Waals surface area contributed by atoms with E-state index < -0.39 is 6.10 Å². The van der Waals surface area contributed by atoms with Gasteiger partial charge in [-0.05, 0) is 80.1 Å². The Labute approximate surface area is 123 Å². The van der Waals surface area contributed by atoms with Crippen LogP contribution in [0.3, 0.4) is 0 Å². The summed E-state index contributed by atoms with van der Waals surface area (Å²) < 4.78 is 0.713. The Morgan fingerprint density at radius 3 is 1.79 bits per heavy atom. The van der Waals surface area contributed by atoms with E-state index in [1.807, 2.05) is 12.1 Å². The van der Waals surface area contributed by atoms with Gasteiger partial charge in [0, 0.05) is 4.88 Å². The lowest BCUT2D eigenvalue weighted by atomic mass is 9.87. The van der Waals surface area contributed by atoms with Crippen LogP contribution in [0, 0.1) is 34.6 Å². The smallest absolute Gasteiger partial charge is 0.114 e. The van der Waals surface area contributed by atoms with Gasteiger partial charge in [0.1, 0.15) is 6.10 Å². The van der Waals surface area contributed by atoms with Gasteiger partial charge in [-0.15, -0.1) is 11.3 Å². The Kier molecular flexibility index (Phi) is 4.05. The molecule has 1 heterocycles. The third-order valence-electron chi connectivity index (χ3n) is 4.19. The lowest BCUT2D eigenvalue weighted by molar-refractivity contribution is 0.222. The first-order valence-electron chi connectivity index (χ1n) is 6.34. The van der Waals surface area contributed by atoms with E-state index in [9.17, 15) is 5.11 Å². The zero-order chi connectivity index (χ0) is 14.3. The minimum atomic E-state index is -0.588. The molecule has 1 aromatic carbocycles. The monoisotopic (exact) mass is 294 g/mol. The molecule has 0 aliphatic heterocycles. The molecule has 1 unspecified atom stereocenters. The van der Waals surface area contributed by atoms with Crippen molar-refractivity contribution >= 4 is 22.9 Å². The molecule has 0 aliphatic rings. The lowest BCUT2D eigenvalue weighted by Crippen LogP contribution is -2.08. The molecule has 0 amide bonds.